The Labute approximate surface area is 193 Å². The van der Waals surface area contributed by atoms with Crippen LogP contribution in [0, 0.1) is 0 Å². The van der Waals surface area contributed by atoms with Gasteiger partial charge >= 0.3 is 0 Å². The van der Waals surface area contributed by atoms with Crippen LogP contribution in [0.15, 0.2) is 0 Å². The van der Waals surface area contributed by atoms with Crippen LogP contribution in [0.1, 0.15) is 6.92 Å². The van der Waals surface area contributed by atoms with Gasteiger partial charge in [-0.2, -0.15) is 0 Å². The standard InChI is InChI=1S/C21H34N6O6/c1-17(25-13-20(30)27(21(31)14-25)16-23-4-8-33-9-5-23)10-24-11-18(28)26(19(29)12-24)15-22-2-6-32-7-3-22/h17H,2-16H2,1H3/t17-/m1/s1. The molecule has 0 aliphatic carbocycles. The minimum Gasteiger partial charge on any atom is -0.379 e. The molecule has 0 spiro atoms. The quantitative estimate of drug-likeness (QED) is 0.368. The molecule has 0 aromatic heterocycles. The van der Waals surface area contributed by atoms with Gasteiger partial charge in [0.15, 0.2) is 0 Å². The monoisotopic (exact) mass is 466 g/mol. The highest BCUT2D eigenvalue weighted by atomic mass is 16.5. The van der Waals surface area contributed by atoms with Crippen molar-refractivity contribution in [3.05, 3.63) is 0 Å². The zero-order valence-electron chi connectivity index (χ0n) is 19.3. The zero-order valence-corrected chi connectivity index (χ0v) is 19.3. The second-order valence-electron chi connectivity index (χ2n) is 9.10. The van der Waals surface area contributed by atoms with Gasteiger partial charge < -0.3 is 9.47 Å². The van der Waals surface area contributed by atoms with Gasteiger partial charge in [0.1, 0.15) is 0 Å². The molecule has 4 aliphatic rings. The van der Waals surface area contributed by atoms with Crippen LogP contribution in [0.5, 0.6) is 0 Å². The van der Waals surface area contributed by atoms with Crippen LogP contribution in [0.25, 0.3) is 0 Å². The van der Waals surface area contributed by atoms with Gasteiger partial charge in [-0.25, -0.2) is 0 Å². The van der Waals surface area contributed by atoms with Crippen molar-refractivity contribution in [3.8, 4) is 0 Å². The molecule has 4 rings (SSSR count). The lowest BCUT2D eigenvalue weighted by molar-refractivity contribution is -0.159. The number of nitrogens with zero attached hydrogens (tertiary/aromatic N) is 6. The fourth-order valence-electron chi connectivity index (χ4n) is 4.59. The molecule has 12 nitrogen and oxygen atoms in total. The summed E-state index contributed by atoms with van der Waals surface area (Å²) in [4.78, 5) is 61.0. The molecule has 184 valence electrons. The molecule has 0 bridgehead atoms. The van der Waals surface area contributed by atoms with Gasteiger partial charge in [0, 0.05) is 38.8 Å². The summed E-state index contributed by atoms with van der Waals surface area (Å²) in [6, 6.07) is -0.144. The Morgan fingerprint density at radius 1 is 0.636 bits per heavy atom. The molecule has 0 radical (unpaired) electrons. The predicted molar refractivity (Wildman–Crippen MR) is 116 cm³/mol. The number of rotatable bonds is 7. The van der Waals surface area contributed by atoms with E-state index in [2.05, 4.69) is 0 Å². The molecular weight excluding hydrogens is 432 g/mol. The van der Waals surface area contributed by atoms with Crippen molar-refractivity contribution in [3.63, 3.8) is 0 Å². The van der Waals surface area contributed by atoms with Crippen LogP contribution in [0.2, 0.25) is 0 Å². The molecule has 33 heavy (non-hydrogen) atoms. The van der Waals surface area contributed by atoms with Gasteiger partial charge in [-0.15, -0.1) is 0 Å². The zero-order chi connectivity index (χ0) is 23.4. The van der Waals surface area contributed by atoms with Gasteiger partial charge in [0.05, 0.1) is 65.9 Å². The third kappa shape index (κ3) is 6.14. The van der Waals surface area contributed by atoms with Gasteiger partial charge in [-0.05, 0) is 6.92 Å². The van der Waals surface area contributed by atoms with Crippen LogP contribution in [-0.2, 0) is 28.7 Å². The molecule has 4 fully saturated rings. The van der Waals surface area contributed by atoms with E-state index in [1.54, 1.807) is 4.90 Å². The molecule has 1 atom stereocenters. The molecule has 4 heterocycles. The Morgan fingerprint density at radius 2 is 1.03 bits per heavy atom. The summed E-state index contributed by atoms with van der Waals surface area (Å²) in [6.45, 7) is 8.82. The number of carbonyl (C=O) groups excluding carboxylic acids is 4. The summed E-state index contributed by atoms with van der Waals surface area (Å²) < 4.78 is 10.6. The van der Waals surface area contributed by atoms with Crippen LogP contribution in [0.4, 0.5) is 0 Å². The first-order valence-electron chi connectivity index (χ1n) is 11.6. The highest BCUT2D eigenvalue weighted by molar-refractivity contribution is 6.00. The first-order chi connectivity index (χ1) is 15.9. The summed E-state index contributed by atoms with van der Waals surface area (Å²) in [5.74, 6) is -0.862. The average molecular weight is 467 g/mol. The summed E-state index contributed by atoms with van der Waals surface area (Å²) in [5.41, 5.74) is 0. The van der Waals surface area contributed by atoms with E-state index in [1.807, 2.05) is 21.6 Å². The second kappa shape index (κ2) is 11.0. The lowest BCUT2D eigenvalue weighted by atomic mass is 10.2. The van der Waals surface area contributed by atoms with Crippen molar-refractivity contribution in [2.75, 3.05) is 98.7 Å². The van der Waals surface area contributed by atoms with Gasteiger partial charge in [0.2, 0.25) is 23.6 Å². The van der Waals surface area contributed by atoms with E-state index in [9.17, 15) is 19.2 Å². The lowest BCUT2D eigenvalue weighted by Gasteiger charge is -2.41. The van der Waals surface area contributed by atoms with E-state index in [1.165, 1.54) is 9.80 Å². The minimum atomic E-state index is -0.216. The van der Waals surface area contributed by atoms with Crippen LogP contribution < -0.4 is 0 Å². The SMILES string of the molecule is C[C@H](CN1CC(=O)N(CN2CCOCC2)C(=O)C1)N1CC(=O)N(CN2CCOCC2)C(=O)C1. The minimum absolute atomic E-state index is 0.144. The van der Waals surface area contributed by atoms with E-state index in [0.29, 0.717) is 72.5 Å². The number of imide groups is 2. The Balaban J connectivity index is 1.25. The molecule has 0 aromatic rings. The Bertz CT molecular complexity index is 718. The molecule has 4 amide bonds. The topological polar surface area (TPSA) is 106 Å². The molecule has 0 saturated carbocycles. The van der Waals surface area contributed by atoms with Crippen molar-refractivity contribution >= 4 is 23.6 Å². The van der Waals surface area contributed by atoms with E-state index in [-0.39, 0.29) is 55.8 Å². The Morgan fingerprint density at radius 3 is 1.45 bits per heavy atom. The average Bonchev–Trinajstić information content (AvgIpc) is 2.80. The van der Waals surface area contributed by atoms with Crippen molar-refractivity contribution in [2.45, 2.75) is 13.0 Å². The van der Waals surface area contributed by atoms with Crippen LogP contribution in [-0.4, -0.2) is 158 Å². The number of ether oxygens (including phenoxy) is 2. The fourth-order valence-corrected chi connectivity index (χ4v) is 4.59. The van der Waals surface area contributed by atoms with Crippen LogP contribution in [0.3, 0.4) is 0 Å². The largest absolute Gasteiger partial charge is 0.379 e. The fraction of sp³-hybridized carbons (Fsp3) is 0.810. The van der Waals surface area contributed by atoms with Crippen molar-refractivity contribution in [1.29, 1.82) is 0 Å². The van der Waals surface area contributed by atoms with E-state index in [4.69, 9.17) is 9.47 Å². The maximum atomic E-state index is 12.7. The third-order valence-corrected chi connectivity index (χ3v) is 6.63. The molecule has 4 aliphatic heterocycles. The predicted octanol–water partition coefficient (Wildman–Crippen LogP) is -2.70. The number of morpholine rings is 2. The summed E-state index contributed by atoms with van der Waals surface area (Å²) in [6.07, 6.45) is 0. The molecule has 12 heteroatoms. The molecule has 0 N–H and O–H groups in total. The Hall–Kier alpha value is -1.96. The van der Waals surface area contributed by atoms with Crippen LogP contribution >= 0.6 is 0 Å². The lowest BCUT2D eigenvalue weighted by Crippen LogP contribution is -2.62. The van der Waals surface area contributed by atoms with Crippen molar-refractivity contribution < 1.29 is 28.7 Å². The number of amides is 4. The summed E-state index contributed by atoms with van der Waals surface area (Å²) in [7, 11) is 0. The molecule has 4 saturated heterocycles. The normalized spacial score (nSPS) is 26.3. The molecule has 0 unspecified atom stereocenters. The van der Waals surface area contributed by atoms with E-state index < -0.39 is 0 Å². The smallest absolute Gasteiger partial charge is 0.244 e. The van der Waals surface area contributed by atoms with Crippen molar-refractivity contribution in [1.82, 2.24) is 29.4 Å². The first kappa shape index (κ1) is 24.2. The van der Waals surface area contributed by atoms with Gasteiger partial charge in [-0.1, -0.05) is 0 Å². The van der Waals surface area contributed by atoms with Gasteiger partial charge in [-0.3, -0.25) is 48.6 Å². The number of piperazine rings is 2. The third-order valence-electron chi connectivity index (χ3n) is 6.63. The first-order valence-corrected chi connectivity index (χ1v) is 11.6. The number of carbonyl (C=O) groups is 4. The molecular formula is C21H34N6O6. The maximum absolute atomic E-state index is 12.7. The van der Waals surface area contributed by atoms with Gasteiger partial charge in [0.25, 0.3) is 0 Å². The number of hydrogen-bond acceptors (Lipinski definition) is 10. The Kier molecular flexibility index (Phi) is 8.04. The summed E-state index contributed by atoms with van der Waals surface area (Å²) in [5, 5.41) is 0. The number of hydrogen-bond donors (Lipinski definition) is 0. The second-order valence-corrected chi connectivity index (χ2v) is 9.10. The highest BCUT2D eigenvalue weighted by Gasteiger charge is 2.37. The van der Waals surface area contributed by atoms with E-state index >= 15 is 0 Å². The van der Waals surface area contributed by atoms with E-state index in [0.717, 1.165) is 0 Å². The summed E-state index contributed by atoms with van der Waals surface area (Å²) >= 11 is 0. The highest BCUT2D eigenvalue weighted by Crippen LogP contribution is 2.14. The molecule has 0 aromatic carbocycles. The van der Waals surface area contributed by atoms with Crippen molar-refractivity contribution in [2.24, 2.45) is 0 Å². The maximum Gasteiger partial charge on any atom is 0.244 e.